The van der Waals surface area contributed by atoms with Crippen LogP contribution in [0.15, 0.2) is 22.7 Å². The Morgan fingerprint density at radius 2 is 2.30 bits per heavy atom. The van der Waals surface area contributed by atoms with E-state index in [1.54, 1.807) is 7.05 Å². The number of nitrogens with zero attached hydrogens (tertiary/aromatic N) is 3. The summed E-state index contributed by atoms with van der Waals surface area (Å²) in [5.74, 6) is -0.250. The van der Waals surface area contributed by atoms with Gasteiger partial charge in [-0.1, -0.05) is 5.16 Å². The van der Waals surface area contributed by atoms with E-state index in [1.165, 1.54) is 6.07 Å². The van der Waals surface area contributed by atoms with E-state index in [2.05, 4.69) is 15.5 Å². The maximum absolute atomic E-state index is 13.1. The third-order valence-electron chi connectivity index (χ3n) is 2.84. The van der Waals surface area contributed by atoms with Crippen LogP contribution in [0, 0.1) is 15.9 Å². The van der Waals surface area contributed by atoms with Gasteiger partial charge in [-0.25, -0.2) is 4.39 Å². The van der Waals surface area contributed by atoms with E-state index < -0.39 is 16.4 Å². The van der Waals surface area contributed by atoms with Crippen LogP contribution in [0.25, 0.3) is 11.5 Å². The third kappa shape index (κ3) is 2.97. The summed E-state index contributed by atoms with van der Waals surface area (Å²) in [5, 5.41) is 17.7. The molecule has 20 heavy (non-hydrogen) atoms. The van der Waals surface area contributed by atoms with Gasteiger partial charge in [-0.05, 0) is 26.1 Å². The largest absolute Gasteiger partial charge is 0.334 e. The van der Waals surface area contributed by atoms with Gasteiger partial charge in [0.2, 0.25) is 0 Å². The minimum Gasteiger partial charge on any atom is -0.334 e. The van der Waals surface area contributed by atoms with Crippen LogP contribution in [0.1, 0.15) is 12.7 Å². The molecule has 106 valence electrons. The van der Waals surface area contributed by atoms with Gasteiger partial charge in [0.1, 0.15) is 11.4 Å². The number of hydrogen-bond acceptors (Lipinski definition) is 6. The fourth-order valence-electron chi connectivity index (χ4n) is 1.66. The van der Waals surface area contributed by atoms with Crippen LogP contribution in [0.4, 0.5) is 10.1 Å². The quantitative estimate of drug-likeness (QED) is 0.664. The second-order valence-corrected chi connectivity index (χ2v) is 4.33. The van der Waals surface area contributed by atoms with E-state index in [0.717, 1.165) is 12.1 Å². The summed E-state index contributed by atoms with van der Waals surface area (Å²) in [5.41, 5.74) is -0.297. The second-order valence-electron chi connectivity index (χ2n) is 4.33. The summed E-state index contributed by atoms with van der Waals surface area (Å²) in [6.07, 6.45) is 0.523. The summed E-state index contributed by atoms with van der Waals surface area (Å²) in [4.78, 5) is 14.3. The number of nitro benzene ring substituents is 1. The van der Waals surface area contributed by atoms with E-state index in [0.29, 0.717) is 12.2 Å². The van der Waals surface area contributed by atoms with E-state index in [4.69, 9.17) is 4.52 Å². The summed E-state index contributed by atoms with van der Waals surface area (Å²) in [6, 6.07) is 3.34. The first-order valence-corrected chi connectivity index (χ1v) is 5.95. The molecule has 0 radical (unpaired) electrons. The molecular formula is C12H13FN4O3. The molecular weight excluding hydrogens is 267 g/mol. The SMILES string of the molecule is CNC(C)Cc1noc(-c2ccc(F)cc2[N+](=O)[O-])n1. The Hall–Kier alpha value is -2.35. The molecule has 0 saturated heterocycles. The van der Waals surface area contributed by atoms with Gasteiger partial charge in [0.05, 0.1) is 11.0 Å². The van der Waals surface area contributed by atoms with Gasteiger partial charge in [-0.2, -0.15) is 4.98 Å². The van der Waals surface area contributed by atoms with Crippen molar-refractivity contribution in [3.63, 3.8) is 0 Å². The number of halogens is 1. The van der Waals surface area contributed by atoms with Gasteiger partial charge in [0, 0.05) is 12.5 Å². The van der Waals surface area contributed by atoms with Crippen molar-refractivity contribution in [3.05, 3.63) is 40.0 Å². The van der Waals surface area contributed by atoms with Crippen LogP contribution < -0.4 is 5.32 Å². The molecule has 0 aliphatic rings. The lowest BCUT2D eigenvalue weighted by Crippen LogP contribution is -2.24. The van der Waals surface area contributed by atoms with Gasteiger partial charge in [-0.15, -0.1) is 0 Å². The van der Waals surface area contributed by atoms with E-state index >= 15 is 0 Å². The summed E-state index contributed by atoms with van der Waals surface area (Å²) >= 11 is 0. The highest BCUT2D eigenvalue weighted by molar-refractivity contribution is 5.66. The zero-order chi connectivity index (χ0) is 14.7. The molecule has 0 fully saturated rings. The molecule has 1 unspecified atom stereocenters. The average molecular weight is 280 g/mol. The highest BCUT2D eigenvalue weighted by Gasteiger charge is 2.21. The Kier molecular flexibility index (Phi) is 4.04. The van der Waals surface area contributed by atoms with Crippen LogP contribution in [-0.2, 0) is 6.42 Å². The van der Waals surface area contributed by atoms with Crippen molar-refractivity contribution in [2.45, 2.75) is 19.4 Å². The maximum atomic E-state index is 13.1. The van der Waals surface area contributed by atoms with Crippen molar-refractivity contribution < 1.29 is 13.8 Å². The topological polar surface area (TPSA) is 94.1 Å². The molecule has 0 aliphatic heterocycles. The number of aromatic nitrogens is 2. The number of hydrogen-bond donors (Lipinski definition) is 1. The highest BCUT2D eigenvalue weighted by Crippen LogP contribution is 2.29. The fourth-order valence-corrected chi connectivity index (χ4v) is 1.66. The van der Waals surface area contributed by atoms with Crippen LogP contribution in [0.2, 0.25) is 0 Å². The molecule has 1 N–H and O–H groups in total. The van der Waals surface area contributed by atoms with Gasteiger partial charge in [0.15, 0.2) is 5.82 Å². The molecule has 8 heteroatoms. The molecule has 2 aromatic rings. The van der Waals surface area contributed by atoms with Crippen molar-refractivity contribution in [1.82, 2.24) is 15.5 Å². The molecule has 0 aliphatic carbocycles. The van der Waals surface area contributed by atoms with Crippen molar-refractivity contribution in [3.8, 4) is 11.5 Å². The Morgan fingerprint density at radius 1 is 1.55 bits per heavy atom. The predicted octanol–water partition coefficient (Wildman–Crippen LogP) is 1.93. The lowest BCUT2D eigenvalue weighted by Gasteiger charge is -2.04. The van der Waals surface area contributed by atoms with E-state index in [1.807, 2.05) is 6.92 Å². The molecule has 1 heterocycles. The van der Waals surface area contributed by atoms with Crippen molar-refractivity contribution in [2.24, 2.45) is 0 Å². The van der Waals surface area contributed by atoms with E-state index in [9.17, 15) is 14.5 Å². The molecule has 1 aromatic heterocycles. The molecule has 7 nitrogen and oxygen atoms in total. The minimum absolute atomic E-state index is 0.00926. The van der Waals surface area contributed by atoms with Gasteiger partial charge in [-0.3, -0.25) is 10.1 Å². The Morgan fingerprint density at radius 3 is 2.95 bits per heavy atom. The van der Waals surface area contributed by atoms with E-state index in [-0.39, 0.29) is 17.5 Å². The molecule has 1 aromatic carbocycles. The molecule has 0 spiro atoms. The predicted molar refractivity (Wildman–Crippen MR) is 68.6 cm³/mol. The highest BCUT2D eigenvalue weighted by atomic mass is 19.1. The first-order chi connectivity index (χ1) is 9.51. The monoisotopic (exact) mass is 280 g/mol. The summed E-state index contributed by atoms with van der Waals surface area (Å²) in [6.45, 7) is 1.94. The zero-order valence-electron chi connectivity index (χ0n) is 11.0. The van der Waals surface area contributed by atoms with Crippen LogP contribution in [0.5, 0.6) is 0 Å². The zero-order valence-corrected chi connectivity index (χ0v) is 11.0. The normalized spacial score (nSPS) is 12.3. The molecule has 0 amide bonds. The molecule has 0 bridgehead atoms. The minimum atomic E-state index is -0.691. The first kappa shape index (κ1) is 14.1. The van der Waals surface area contributed by atoms with Crippen LogP contribution in [-0.4, -0.2) is 28.2 Å². The number of rotatable bonds is 5. The fraction of sp³-hybridized carbons (Fsp3) is 0.333. The van der Waals surface area contributed by atoms with Crippen molar-refractivity contribution in [2.75, 3.05) is 7.05 Å². The first-order valence-electron chi connectivity index (χ1n) is 5.95. The van der Waals surface area contributed by atoms with Crippen LogP contribution in [0.3, 0.4) is 0 Å². The van der Waals surface area contributed by atoms with Crippen molar-refractivity contribution in [1.29, 1.82) is 0 Å². The summed E-state index contributed by atoms with van der Waals surface area (Å²) < 4.78 is 18.1. The lowest BCUT2D eigenvalue weighted by atomic mass is 10.1. The Balaban J connectivity index is 2.35. The number of benzene rings is 1. The Bertz CT molecular complexity index is 629. The van der Waals surface area contributed by atoms with Gasteiger partial charge >= 0.3 is 0 Å². The second kappa shape index (κ2) is 5.74. The van der Waals surface area contributed by atoms with Gasteiger partial charge in [0.25, 0.3) is 11.6 Å². The smallest absolute Gasteiger partial charge is 0.285 e. The standard InChI is InChI=1S/C12H13FN4O3/c1-7(14-2)5-11-15-12(20-16-11)9-4-3-8(13)6-10(9)17(18)19/h3-4,6-7,14H,5H2,1-2H3. The third-order valence-corrected chi connectivity index (χ3v) is 2.84. The maximum Gasteiger partial charge on any atom is 0.285 e. The molecule has 1 atom stereocenters. The lowest BCUT2D eigenvalue weighted by molar-refractivity contribution is -0.384. The average Bonchev–Trinajstić information content (AvgIpc) is 2.86. The number of nitro groups is 1. The molecule has 2 rings (SSSR count). The van der Waals surface area contributed by atoms with Crippen LogP contribution >= 0.6 is 0 Å². The Labute approximate surface area is 114 Å². The summed E-state index contributed by atoms with van der Waals surface area (Å²) in [7, 11) is 1.80. The molecule has 0 saturated carbocycles. The number of nitrogens with one attached hydrogen (secondary N) is 1. The number of likely N-dealkylation sites (N-methyl/N-ethyl adjacent to an activating group) is 1. The van der Waals surface area contributed by atoms with Crippen molar-refractivity contribution >= 4 is 5.69 Å². The van der Waals surface area contributed by atoms with Gasteiger partial charge < -0.3 is 9.84 Å².